The molecule has 0 aliphatic carbocycles. The Morgan fingerprint density at radius 2 is 2.33 bits per heavy atom. The van der Waals surface area contributed by atoms with Gasteiger partial charge in [-0.2, -0.15) is 0 Å². The number of hydrogen-bond donors (Lipinski definition) is 2. The minimum Gasteiger partial charge on any atom is -0.481 e. The third-order valence-electron chi connectivity index (χ3n) is 0.834. The SMILES string of the molecule is [2H]C([2H])(CCCN)CC(=O)O. The van der Waals surface area contributed by atoms with Crippen LogP contribution >= 0.6 is 0 Å². The summed E-state index contributed by atoms with van der Waals surface area (Å²) in [5.74, 6) is -1.10. The van der Waals surface area contributed by atoms with Crippen molar-refractivity contribution in [3.8, 4) is 0 Å². The van der Waals surface area contributed by atoms with E-state index in [1.165, 1.54) is 0 Å². The predicted octanol–water partition coefficient (Wildman–Crippen LogP) is 0.590. The van der Waals surface area contributed by atoms with E-state index in [1.54, 1.807) is 0 Å². The molecule has 0 rings (SSSR count). The highest BCUT2D eigenvalue weighted by molar-refractivity contribution is 5.66. The number of carboxylic acid groups (broad SMARTS) is 1. The summed E-state index contributed by atoms with van der Waals surface area (Å²) in [4.78, 5) is 10.1. The van der Waals surface area contributed by atoms with Crippen LogP contribution < -0.4 is 5.73 Å². The zero-order chi connectivity index (χ0) is 8.91. The third kappa shape index (κ3) is 7.43. The molecule has 0 bridgehead atoms. The molecule has 0 aliphatic rings. The van der Waals surface area contributed by atoms with Gasteiger partial charge in [0.2, 0.25) is 0 Å². The number of carbonyl (C=O) groups is 1. The molecular formula is C6H13NO2. The van der Waals surface area contributed by atoms with Crippen molar-refractivity contribution in [2.45, 2.75) is 25.6 Å². The van der Waals surface area contributed by atoms with Crippen molar-refractivity contribution in [2.75, 3.05) is 6.54 Å². The minimum atomic E-state index is -1.61. The van der Waals surface area contributed by atoms with Crippen LogP contribution in [-0.2, 0) is 4.79 Å². The first kappa shape index (κ1) is 5.23. The third-order valence-corrected chi connectivity index (χ3v) is 0.834. The lowest BCUT2D eigenvalue weighted by Gasteiger charge is -1.93. The summed E-state index contributed by atoms with van der Waals surface area (Å²) in [5, 5.41) is 8.28. The van der Waals surface area contributed by atoms with Crippen LogP contribution in [0.2, 0.25) is 0 Å². The molecule has 3 heteroatoms. The van der Waals surface area contributed by atoms with E-state index in [9.17, 15) is 4.79 Å². The van der Waals surface area contributed by atoms with Crippen LogP contribution in [0.25, 0.3) is 0 Å². The standard InChI is InChI=1S/C6H13NO2/c7-5-3-1-2-4-6(8)9/h1-5,7H2,(H,8,9)/i2D2. The smallest absolute Gasteiger partial charge is 0.303 e. The molecule has 0 heterocycles. The average molecular weight is 133 g/mol. The highest BCUT2D eigenvalue weighted by Gasteiger charge is 1.94. The molecule has 0 radical (unpaired) electrons. The first-order valence-corrected chi connectivity index (χ1v) is 2.90. The van der Waals surface area contributed by atoms with E-state index in [2.05, 4.69) is 0 Å². The summed E-state index contributed by atoms with van der Waals surface area (Å²) in [6.45, 7) is 0.402. The Bertz CT molecular complexity index is 139. The van der Waals surface area contributed by atoms with E-state index in [0.29, 0.717) is 13.0 Å². The van der Waals surface area contributed by atoms with Gasteiger partial charge in [-0.05, 0) is 19.3 Å². The molecule has 0 aliphatic heterocycles. The van der Waals surface area contributed by atoms with Gasteiger partial charge in [0.15, 0.2) is 0 Å². The van der Waals surface area contributed by atoms with Crippen molar-refractivity contribution in [3.63, 3.8) is 0 Å². The Morgan fingerprint density at radius 3 is 2.78 bits per heavy atom. The zero-order valence-corrected chi connectivity index (χ0v) is 5.26. The second-order valence-electron chi connectivity index (χ2n) is 1.71. The fourth-order valence-corrected chi connectivity index (χ4v) is 0.422. The summed E-state index contributed by atoms with van der Waals surface area (Å²) < 4.78 is 14.4. The normalized spacial score (nSPS) is 14.3. The minimum absolute atomic E-state index is 0.218. The van der Waals surface area contributed by atoms with Gasteiger partial charge in [0.25, 0.3) is 0 Å². The second-order valence-corrected chi connectivity index (χ2v) is 1.71. The maximum Gasteiger partial charge on any atom is 0.303 e. The van der Waals surface area contributed by atoms with Gasteiger partial charge in [0.1, 0.15) is 0 Å². The lowest BCUT2D eigenvalue weighted by atomic mass is 10.2. The summed E-state index contributed by atoms with van der Waals surface area (Å²) in [7, 11) is 0. The van der Waals surface area contributed by atoms with Gasteiger partial charge >= 0.3 is 5.97 Å². The average Bonchev–Trinajstić information content (AvgIpc) is 1.81. The maximum absolute atomic E-state index is 10.1. The van der Waals surface area contributed by atoms with Crippen molar-refractivity contribution in [2.24, 2.45) is 5.73 Å². The lowest BCUT2D eigenvalue weighted by molar-refractivity contribution is -0.137. The number of nitrogens with two attached hydrogens (primary N) is 1. The summed E-state index contributed by atoms with van der Waals surface area (Å²) in [6, 6.07) is 0. The first-order valence-electron chi connectivity index (χ1n) is 3.90. The van der Waals surface area contributed by atoms with Gasteiger partial charge in [-0.25, -0.2) is 0 Å². The molecule has 0 saturated heterocycles. The molecule has 0 spiro atoms. The van der Waals surface area contributed by atoms with E-state index >= 15 is 0 Å². The number of hydrogen-bond acceptors (Lipinski definition) is 2. The second kappa shape index (κ2) is 5.56. The van der Waals surface area contributed by atoms with Crippen LogP contribution in [0.5, 0.6) is 0 Å². The molecule has 0 fully saturated rings. The van der Waals surface area contributed by atoms with Crippen molar-refractivity contribution >= 4 is 5.97 Å². The van der Waals surface area contributed by atoms with Gasteiger partial charge in [-0.15, -0.1) is 0 Å². The summed E-state index contributed by atoms with van der Waals surface area (Å²) >= 11 is 0. The van der Waals surface area contributed by atoms with E-state index in [0.717, 1.165) is 0 Å². The van der Waals surface area contributed by atoms with Crippen LogP contribution in [0, 0.1) is 0 Å². The Hall–Kier alpha value is -0.570. The highest BCUT2D eigenvalue weighted by atomic mass is 16.4. The molecule has 0 aromatic carbocycles. The molecule has 3 nitrogen and oxygen atoms in total. The molecular weight excluding hydrogens is 118 g/mol. The molecule has 0 unspecified atom stereocenters. The Morgan fingerprint density at radius 1 is 1.67 bits per heavy atom. The molecule has 0 amide bonds. The number of aliphatic carboxylic acids is 1. The fourth-order valence-electron chi connectivity index (χ4n) is 0.422. The van der Waals surface area contributed by atoms with Gasteiger partial charge in [0.05, 0.1) is 0 Å². The first-order chi connectivity index (χ1) is 4.98. The van der Waals surface area contributed by atoms with Gasteiger partial charge < -0.3 is 10.8 Å². The molecule has 3 N–H and O–H groups in total. The Labute approximate surface area is 57.7 Å². The van der Waals surface area contributed by atoms with Gasteiger partial charge in [-0.3, -0.25) is 4.79 Å². The molecule has 0 saturated carbocycles. The molecule has 54 valence electrons. The van der Waals surface area contributed by atoms with Gasteiger partial charge in [0, 0.05) is 9.16 Å². The van der Waals surface area contributed by atoms with Crippen LogP contribution in [0.1, 0.15) is 28.4 Å². The molecule has 9 heavy (non-hydrogen) atoms. The van der Waals surface area contributed by atoms with Gasteiger partial charge in [-0.1, -0.05) is 6.42 Å². The van der Waals surface area contributed by atoms with E-state index in [4.69, 9.17) is 13.6 Å². The van der Waals surface area contributed by atoms with E-state index in [1.807, 2.05) is 0 Å². The lowest BCUT2D eigenvalue weighted by Crippen LogP contribution is -1.99. The van der Waals surface area contributed by atoms with Crippen LogP contribution in [0.3, 0.4) is 0 Å². The largest absolute Gasteiger partial charge is 0.481 e. The molecule has 0 atom stereocenters. The van der Waals surface area contributed by atoms with Crippen molar-refractivity contribution < 1.29 is 12.6 Å². The summed E-state index contributed by atoms with van der Waals surface area (Å²) in [5.41, 5.74) is 5.15. The molecule has 0 aromatic rings. The van der Waals surface area contributed by atoms with E-state index in [-0.39, 0.29) is 6.42 Å². The number of rotatable bonds is 5. The predicted molar refractivity (Wildman–Crippen MR) is 35.2 cm³/mol. The van der Waals surface area contributed by atoms with Crippen molar-refractivity contribution in [3.05, 3.63) is 0 Å². The van der Waals surface area contributed by atoms with Crippen LogP contribution in [-0.4, -0.2) is 17.6 Å². The quantitative estimate of drug-likeness (QED) is 0.577. The van der Waals surface area contributed by atoms with Crippen molar-refractivity contribution in [1.82, 2.24) is 0 Å². The Kier molecular flexibility index (Phi) is 3.24. The number of carboxylic acids is 1. The summed E-state index contributed by atoms with van der Waals surface area (Å²) in [6.07, 6.45) is -1.30. The topological polar surface area (TPSA) is 63.3 Å². The zero-order valence-electron chi connectivity index (χ0n) is 7.26. The van der Waals surface area contributed by atoms with E-state index < -0.39 is 18.8 Å². The van der Waals surface area contributed by atoms with Crippen molar-refractivity contribution in [1.29, 1.82) is 0 Å². The fraction of sp³-hybridized carbons (Fsp3) is 0.833. The maximum atomic E-state index is 10.1. The molecule has 0 aromatic heterocycles. The van der Waals surface area contributed by atoms with Crippen LogP contribution in [0.4, 0.5) is 0 Å². The monoisotopic (exact) mass is 133 g/mol. The Balaban J connectivity index is 3.70. The van der Waals surface area contributed by atoms with Crippen LogP contribution in [0.15, 0.2) is 0 Å². The highest BCUT2D eigenvalue weighted by Crippen LogP contribution is 1.97.